The highest BCUT2D eigenvalue weighted by Crippen LogP contribution is 2.26. The van der Waals surface area contributed by atoms with Gasteiger partial charge in [-0.3, -0.25) is 9.78 Å². The number of hydrogen-bond acceptors (Lipinski definition) is 4. The zero-order valence-corrected chi connectivity index (χ0v) is 13.2. The van der Waals surface area contributed by atoms with Gasteiger partial charge in [0, 0.05) is 42.4 Å². The van der Waals surface area contributed by atoms with Crippen molar-refractivity contribution < 1.29 is 9.90 Å². The highest BCUT2D eigenvalue weighted by molar-refractivity contribution is 8.00. The number of rotatable bonds is 2. The predicted molar refractivity (Wildman–Crippen MR) is 85.2 cm³/mol. The van der Waals surface area contributed by atoms with Crippen molar-refractivity contribution in [1.82, 2.24) is 9.88 Å². The van der Waals surface area contributed by atoms with Gasteiger partial charge in [-0.15, -0.1) is 0 Å². The maximum atomic E-state index is 12.7. The number of nitrogens with zero attached hydrogens (tertiary/aromatic N) is 2. The van der Waals surface area contributed by atoms with Gasteiger partial charge in [0.05, 0.1) is 17.7 Å². The van der Waals surface area contributed by atoms with Crippen LogP contribution in [-0.2, 0) is 0 Å². The van der Waals surface area contributed by atoms with Crippen molar-refractivity contribution in [2.24, 2.45) is 0 Å². The largest absolute Gasteiger partial charge is 0.395 e. The van der Waals surface area contributed by atoms with E-state index in [1.54, 1.807) is 18.5 Å². The van der Waals surface area contributed by atoms with E-state index in [9.17, 15) is 4.79 Å². The van der Waals surface area contributed by atoms with Crippen molar-refractivity contribution in [2.45, 2.75) is 30.8 Å². The molecule has 2 heterocycles. The summed E-state index contributed by atoms with van der Waals surface area (Å²) in [5.74, 6) is 5.80. The molecule has 21 heavy (non-hydrogen) atoms. The van der Waals surface area contributed by atoms with Gasteiger partial charge in [-0.05, 0) is 6.07 Å². The van der Waals surface area contributed by atoms with Crippen LogP contribution in [0, 0.1) is 11.8 Å². The predicted octanol–water partition coefficient (Wildman–Crippen LogP) is 1.78. The van der Waals surface area contributed by atoms with E-state index < -0.39 is 0 Å². The van der Waals surface area contributed by atoms with Gasteiger partial charge in [0.25, 0.3) is 5.91 Å². The Morgan fingerprint density at radius 1 is 1.48 bits per heavy atom. The number of carbonyl (C=O) groups is 1. The Balaban J connectivity index is 2.21. The fourth-order valence-electron chi connectivity index (χ4n) is 2.41. The van der Waals surface area contributed by atoms with Crippen LogP contribution in [0.3, 0.4) is 0 Å². The second kappa shape index (κ2) is 7.48. The molecule has 0 bridgehead atoms. The molecule has 1 fully saturated rings. The number of aromatic nitrogens is 1. The average Bonchev–Trinajstić information content (AvgIpc) is 2.46. The van der Waals surface area contributed by atoms with Crippen LogP contribution in [-0.4, -0.2) is 51.1 Å². The maximum Gasteiger partial charge on any atom is 0.255 e. The van der Waals surface area contributed by atoms with Crippen molar-refractivity contribution in [3.8, 4) is 11.8 Å². The normalized spacial score (nSPS) is 21.6. The third-order valence-electron chi connectivity index (χ3n) is 3.22. The molecule has 0 radical (unpaired) electrons. The molecule has 5 heteroatoms. The van der Waals surface area contributed by atoms with Crippen LogP contribution >= 0.6 is 11.8 Å². The molecular weight excluding hydrogens is 284 g/mol. The summed E-state index contributed by atoms with van der Waals surface area (Å²) >= 11 is 1.92. The van der Waals surface area contributed by atoms with Crippen molar-refractivity contribution in [2.75, 3.05) is 19.7 Å². The number of aliphatic hydroxyl groups excluding tert-OH is 1. The van der Waals surface area contributed by atoms with E-state index in [0.717, 1.165) is 13.1 Å². The summed E-state index contributed by atoms with van der Waals surface area (Å²) in [5.41, 5.74) is 1.23. The Morgan fingerprint density at radius 2 is 2.19 bits per heavy atom. The quantitative estimate of drug-likeness (QED) is 0.846. The van der Waals surface area contributed by atoms with Crippen LogP contribution in [0.1, 0.15) is 36.2 Å². The van der Waals surface area contributed by atoms with Crippen LogP contribution in [0.15, 0.2) is 18.5 Å². The van der Waals surface area contributed by atoms with Gasteiger partial charge in [-0.2, -0.15) is 11.8 Å². The Bertz CT molecular complexity index is 555. The molecule has 0 saturated carbocycles. The van der Waals surface area contributed by atoms with E-state index >= 15 is 0 Å². The molecule has 2 rings (SSSR count). The van der Waals surface area contributed by atoms with E-state index in [-0.39, 0.29) is 12.5 Å². The first-order valence-electron chi connectivity index (χ1n) is 7.10. The lowest BCUT2D eigenvalue weighted by atomic mass is 10.1. The summed E-state index contributed by atoms with van der Waals surface area (Å²) in [4.78, 5) is 18.7. The molecule has 0 aliphatic carbocycles. The van der Waals surface area contributed by atoms with Gasteiger partial charge in [0.1, 0.15) is 0 Å². The Hall–Kier alpha value is -1.51. The smallest absolute Gasteiger partial charge is 0.255 e. The molecule has 0 spiro atoms. The molecule has 112 valence electrons. The van der Waals surface area contributed by atoms with E-state index in [2.05, 4.69) is 30.7 Å². The highest BCUT2D eigenvalue weighted by atomic mass is 32.2. The maximum absolute atomic E-state index is 12.7. The average molecular weight is 304 g/mol. The lowest BCUT2D eigenvalue weighted by molar-refractivity contribution is 0.0753. The lowest BCUT2D eigenvalue weighted by Crippen LogP contribution is -2.44. The van der Waals surface area contributed by atoms with E-state index in [0.29, 0.717) is 28.0 Å². The highest BCUT2D eigenvalue weighted by Gasteiger charge is 2.27. The topological polar surface area (TPSA) is 53.4 Å². The third-order valence-corrected chi connectivity index (χ3v) is 4.45. The fourth-order valence-corrected chi connectivity index (χ4v) is 3.73. The lowest BCUT2D eigenvalue weighted by Gasteiger charge is -2.34. The molecular formula is C16H20N2O2S. The molecule has 1 N–H and O–H groups in total. The molecule has 1 aromatic rings. The third kappa shape index (κ3) is 4.23. The molecule has 2 atom stereocenters. The van der Waals surface area contributed by atoms with Gasteiger partial charge < -0.3 is 10.0 Å². The van der Waals surface area contributed by atoms with Crippen LogP contribution in [0.25, 0.3) is 0 Å². The van der Waals surface area contributed by atoms with E-state index in [1.807, 2.05) is 16.7 Å². The second-order valence-corrected chi connectivity index (χ2v) is 7.05. The van der Waals surface area contributed by atoms with Crippen LogP contribution in [0.4, 0.5) is 0 Å². The minimum atomic E-state index is 0.0182. The molecule has 0 aromatic carbocycles. The summed E-state index contributed by atoms with van der Waals surface area (Å²) in [5, 5.41) is 9.68. The first-order chi connectivity index (χ1) is 10.1. The summed E-state index contributed by atoms with van der Waals surface area (Å²) in [6.07, 6.45) is 3.64. The summed E-state index contributed by atoms with van der Waals surface area (Å²) in [6.45, 7) is 5.85. The van der Waals surface area contributed by atoms with E-state index in [1.165, 1.54) is 0 Å². The van der Waals surface area contributed by atoms with Crippen molar-refractivity contribution in [1.29, 1.82) is 0 Å². The summed E-state index contributed by atoms with van der Waals surface area (Å²) in [6, 6.07) is 1.72. The molecule has 1 aromatic heterocycles. The van der Waals surface area contributed by atoms with Crippen molar-refractivity contribution in [3.63, 3.8) is 0 Å². The summed E-state index contributed by atoms with van der Waals surface area (Å²) < 4.78 is 0. The van der Waals surface area contributed by atoms with Crippen LogP contribution in [0.2, 0.25) is 0 Å². The molecule has 1 amide bonds. The van der Waals surface area contributed by atoms with E-state index in [4.69, 9.17) is 5.11 Å². The Morgan fingerprint density at radius 3 is 2.86 bits per heavy atom. The minimum absolute atomic E-state index is 0.0182. The van der Waals surface area contributed by atoms with Gasteiger partial charge >= 0.3 is 0 Å². The van der Waals surface area contributed by atoms with Gasteiger partial charge in [0.2, 0.25) is 0 Å². The fraction of sp³-hybridized carbons (Fsp3) is 0.500. The SMILES string of the molecule is CC1CN(C(=O)c2ccncc2C#CCCO)CC(C)S1. The van der Waals surface area contributed by atoms with Crippen LogP contribution < -0.4 is 0 Å². The number of hydrogen-bond donors (Lipinski definition) is 1. The number of aliphatic hydroxyl groups is 1. The summed E-state index contributed by atoms with van der Waals surface area (Å²) in [7, 11) is 0. The molecule has 1 aliphatic rings. The zero-order valence-electron chi connectivity index (χ0n) is 12.4. The Kier molecular flexibility index (Phi) is 5.66. The van der Waals surface area contributed by atoms with Crippen molar-refractivity contribution >= 4 is 17.7 Å². The molecule has 4 nitrogen and oxygen atoms in total. The standard InChI is InChI=1S/C16H20N2O2S/c1-12-10-18(11-13(2)21-12)16(20)15-6-7-17-9-14(15)5-3-4-8-19/h6-7,9,12-13,19H,4,8,10-11H2,1-2H3. The number of pyridine rings is 1. The molecule has 1 saturated heterocycles. The first-order valence-corrected chi connectivity index (χ1v) is 8.04. The number of thioether (sulfide) groups is 1. The second-order valence-electron chi connectivity index (χ2n) is 5.16. The van der Waals surface area contributed by atoms with Crippen molar-refractivity contribution in [3.05, 3.63) is 29.6 Å². The Labute approximate surface area is 129 Å². The monoisotopic (exact) mass is 304 g/mol. The zero-order chi connectivity index (χ0) is 15.2. The van der Waals surface area contributed by atoms with Gasteiger partial charge in [0.15, 0.2) is 0 Å². The van der Waals surface area contributed by atoms with Gasteiger partial charge in [-0.25, -0.2) is 0 Å². The number of amides is 1. The van der Waals surface area contributed by atoms with Gasteiger partial charge in [-0.1, -0.05) is 25.7 Å². The van der Waals surface area contributed by atoms with Crippen LogP contribution in [0.5, 0.6) is 0 Å². The molecule has 2 unspecified atom stereocenters. The number of carbonyl (C=O) groups excluding carboxylic acids is 1. The minimum Gasteiger partial charge on any atom is -0.395 e. The molecule has 1 aliphatic heterocycles. The first kappa shape index (κ1) is 15.9.